The van der Waals surface area contributed by atoms with Crippen LogP contribution in [0.4, 0.5) is 0 Å². The maximum atomic E-state index is 11.6. The van der Waals surface area contributed by atoms with E-state index in [1.165, 1.54) is 19.3 Å². The van der Waals surface area contributed by atoms with E-state index in [9.17, 15) is 4.79 Å². The summed E-state index contributed by atoms with van der Waals surface area (Å²) in [6, 6.07) is 7.59. The third kappa shape index (κ3) is 3.32. The molecule has 17 heavy (non-hydrogen) atoms. The fourth-order valence-electron chi connectivity index (χ4n) is 2.32. The lowest BCUT2D eigenvalue weighted by Crippen LogP contribution is -2.19. The third-order valence-corrected chi connectivity index (χ3v) is 3.33. The zero-order chi connectivity index (χ0) is 12.1. The molecular formula is C15H20O2. The zero-order valence-corrected chi connectivity index (χ0v) is 10.4. The predicted octanol–water partition coefficient (Wildman–Crippen LogP) is 3.99. The molecule has 2 rings (SSSR count). The van der Waals surface area contributed by atoms with E-state index < -0.39 is 0 Å². The van der Waals surface area contributed by atoms with Gasteiger partial charge in [-0.25, -0.2) is 0 Å². The number of benzene rings is 1. The highest BCUT2D eigenvalue weighted by Crippen LogP contribution is 2.24. The van der Waals surface area contributed by atoms with Gasteiger partial charge in [0.2, 0.25) is 0 Å². The normalized spacial score (nSPS) is 16.8. The number of carbonyl (C=O) groups is 1. The maximum absolute atomic E-state index is 11.6. The van der Waals surface area contributed by atoms with Crippen LogP contribution in [0, 0.1) is 0 Å². The van der Waals surface area contributed by atoms with E-state index >= 15 is 0 Å². The van der Waals surface area contributed by atoms with Crippen molar-refractivity contribution >= 4 is 5.78 Å². The Bertz CT molecular complexity index is 378. The summed E-state index contributed by atoms with van der Waals surface area (Å²) in [6.45, 7) is 1.89. The second-order valence-electron chi connectivity index (χ2n) is 4.68. The van der Waals surface area contributed by atoms with Gasteiger partial charge in [0.15, 0.2) is 5.78 Å². The molecule has 0 aliphatic heterocycles. The Morgan fingerprint density at radius 1 is 1.29 bits per heavy atom. The average Bonchev–Trinajstić information content (AvgIpc) is 2.39. The Hall–Kier alpha value is -1.31. The Kier molecular flexibility index (Phi) is 4.18. The van der Waals surface area contributed by atoms with Gasteiger partial charge in [-0.3, -0.25) is 4.79 Å². The minimum atomic E-state index is 0.180. The lowest BCUT2D eigenvalue weighted by atomic mass is 9.98. The lowest BCUT2D eigenvalue weighted by molar-refractivity contribution is 0.0986. The van der Waals surface area contributed by atoms with Crippen LogP contribution in [0.5, 0.6) is 5.75 Å². The Morgan fingerprint density at radius 3 is 2.76 bits per heavy atom. The molecule has 0 saturated heterocycles. The largest absolute Gasteiger partial charge is 0.490 e. The van der Waals surface area contributed by atoms with Crippen molar-refractivity contribution in [2.45, 2.75) is 51.6 Å². The van der Waals surface area contributed by atoms with Gasteiger partial charge in [0, 0.05) is 12.0 Å². The summed E-state index contributed by atoms with van der Waals surface area (Å²) in [5.41, 5.74) is 0.765. The fourth-order valence-corrected chi connectivity index (χ4v) is 2.32. The monoisotopic (exact) mass is 232 g/mol. The van der Waals surface area contributed by atoms with Crippen molar-refractivity contribution in [2.75, 3.05) is 0 Å². The van der Waals surface area contributed by atoms with Crippen LogP contribution in [0.3, 0.4) is 0 Å². The first-order valence-corrected chi connectivity index (χ1v) is 6.59. The van der Waals surface area contributed by atoms with E-state index in [-0.39, 0.29) is 5.78 Å². The second-order valence-corrected chi connectivity index (χ2v) is 4.68. The molecule has 2 heteroatoms. The molecule has 0 aromatic heterocycles. The number of hydrogen-bond acceptors (Lipinski definition) is 2. The molecule has 1 aliphatic rings. The smallest absolute Gasteiger partial charge is 0.162 e. The SMILES string of the molecule is CCC(=O)c1cccc(OC2CCCCC2)c1. The zero-order valence-electron chi connectivity index (χ0n) is 10.4. The van der Waals surface area contributed by atoms with Gasteiger partial charge in [-0.05, 0) is 37.8 Å². The molecule has 0 heterocycles. The standard InChI is InChI=1S/C15H20O2/c1-2-15(16)12-7-6-10-14(11-12)17-13-8-4-3-5-9-13/h6-7,10-11,13H,2-5,8-9H2,1H3. The van der Waals surface area contributed by atoms with Gasteiger partial charge in [-0.1, -0.05) is 25.5 Å². The van der Waals surface area contributed by atoms with Crippen LogP contribution in [0.25, 0.3) is 0 Å². The van der Waals surface area contributed by atoms with Crippen molar-refractivity contribution in [3.63, 3.8) is 0 Å². The van der Waals surface area contributed by atoms with Gasteiger partial charge in [-0.15, -0.1) is 0 Å². The molecule has 1 saturated carbocycles. The molecule has 1 aromatic carbocycles. The highest BCUT2D eigenvalue weighted by atomic mass is 16.5. The van der Waals surface area contributed by atoms with E-state index in [1.54, 1.807) is 0 Å². The van der Waals surface area contributed by atoms with Crippen LogP contribution < -0.4 is 4.74 Å². The number of Topliss-reactive ketones (excluding diaryl/α,β-unsaturated/α-hetero) is 1. The van der Waals surface area contributed by atoms with E-state index in [0.717, 1.165) is 24.2 Å². The fraction of sp³-hybridized carbons (Fsp3) is 0.533. The van der Waals surface area contributed by atoms with Crippen molar-refractivity contribution in [3.8, 4) is 5.75 Å². The molecule has 0 bridgehead atoms. The van der Waals surface area contributed by atoms with Gasteiger partial charge in [0.1, 0.15) is 5.75 Å². The van der Waals surface area contributed by atoms with E-state index in [4.69, 9.17) is 4.74 Å². The first-order valence-electron chi connectivity index (χ1n) is 6.59. The Labute approximate surface area is 103 Å². The molecule has 1 aliphatic carbocycles. The van der Waals surface area contributed by atoms with E-state index in [0.29, 0.717) is 12.5 Å². The lowest BCUT2D eigenvalue weighted by Gasteiger charge is -2.23. The first kappa shape index (κ1) is 12.2. The molecule has 0 unspecified atom stereocenters. The van der Waals surface area contributed by atoms with Crippen LogP contribution in [-0.2, 0) is 0 Å². The molecule has 0 N–H and O–H groups in total. The minimum absolute atomic E-state index is 0.180. The first-order chi connectivity index (χ1) is 8.29. The van der Waals surface area contributed by atoms with Gasteiger partial charge in [0.25, 0.3) is 0 Å². The van der Waals surface area contributed by atoms with Crippen LogP contribution in [0.2, 0.25) is 0 Å². The molecular weight excluding hydrogens is 212 g/mol. The number of ketones is 1. The van der Waals surface area contributed by atoms with E-state index in [2.05, 4.69) is 0 Å². The highest BCUT2D eigenvalue weighted by Gasteiger charge is 2.15. The molecule has 0 amide bonds. The summed E-state index contributed by atoms with van der Waals surface area (Å²) < 4.78 is 5.94. The molecule has 1 fully saturated rings. The summed E-state index contributed by atoms with van der Waals surface area (Å²) in [7, 11) is 0. The molecule has 2 nitrogen and oxygen atoms in total. The predicted molar refractivity (Wildman–Crippen MR) is 68.6 cm³/mol. The average molecular weight is 232 g/mol. The quantitative estimate of drug-likeness (QED) is 0.734. The third-order valence-electron chi connectivity index (χ3n) is 3.33. The van der Waals surface area contributed by atoms with Crippen LogP contribution in [0.1, 0.15) is 55.8 Å². The number of rotatable bonds is 4. The van der Waals surface area contributed by atoms with Crippen molar-refractivity contribution < 1.29 is 9.53 Å². The van der Waals surface area contributed by atoms with E-state index in [1.807, 2.05) is 31.2 Å². The Balaban J connectivity index is 2.02. The minimum Gasteiger partial charge on any atom is -0.490 e. The summed E-state index contributed by atoms with van der Waals surface area (Å²) in [5.74, 6) is 1.02. The van der Waals surface area contributed by atoms with Gasteiger partial charge < -0.3 is 4.74 Å². The summed E-state index contributed by atoms with van der Waals surface area (Å²) >= 11 is 0. The summed E-state index contributed by atoms with van der Waals surface area (Å²) in [4.78, 5) is 11.6. The number of hydrogen-bond donors (Lipinski definition) is 0. The molecule has 0 spiro atoms. The van der Waals surface area contributed by atoms with Crippen LogP contribution in [0.15, 0.2) is 24.3 Å². The van der Waals surface area contributed by atoms with Gasteiger partial charge >= 0.3 is 0 Å². The number of ether oxygens (including phenoxy) is 1. The van der Waals surface area contributed by atoms with Crippen LogP contribution >= 0.6 is 0 Å². The van der Waals surface area contributed by atoms with Crippen molar-refractivity contribution in [3.05, 3.63) is 29.8 Å². The maximum Gasteiger partial charge on any atom is 0.162 e. The topological polar surface area (TPSA) is 26.3 Å². The number of carbonyl (C=O) groups excluding carboxylic acids is 1. The van der Waals surface area contributed by atoms with Gasteiger partial charge in [-0.2, -0.15) is 0 Å². The Morgan fingerprint density at radius 2 is 2.06 bits per heavy atom. The van der Waals surface area contributed by atoms with Crippen molar-refractivity contribution in [1.29, 1.82) is 0 Å². The van der Waals surface area contributed by atoms with Crippen molar-refractivity contribution in [2.24, 2.45) is 0 Å². The van der Waals surface area contributed by atoms with Gasteiger partial charge in [0.05, 0.1) is 6.10 Å². The molecule has 0 radical (unpaired) electrons. The summed E-state index contributed by atoms with van der Waals surface area (Å²) in [5, 5.41) is 0. The van der Waals surface area contributed by atoms with Crippen LogP contribution in [-0.4, -0.2) is 11.9 Å². The molecule has 0 atom stereocenters. The summed E-state index contributed by atoms with van der Waals surface area (Å²) in [6.07, 6.45) is 7.03. The highest BCUT2D eigenvalue weighted by molar-refractivity contribution is 5.96. The molecule has 1 aromatic rings. The van der Waals surface area contributed by atoms with Crippen molar-refractivity contribution in [1.82, 2.24) is 0 Å². The molecule has 92 valence electrons. The second kappa shape index (κ2) is 5.85.